The summed E-state index contributed by atoms with van der Waals surface area (Å²) >= 11 is 1.53. The van der Waals surface area contributed by atoms with E-state index in [9.17, 15) is 0 Å². The van der Waals surface area contributed by atoms with Gasteiger partial charge in [0.25, 0.3) is 0 Å². The normalized spacial score (nSPS) is 15.3. The van der Waals surface area contributed by atoms with Crippen molar-refractivity contribution in [2.45, 2.75) is 6.42 Å². The van der Waals surface area contributed by atoms with Crippen molar-refractivity contribution in [1.29, 1.82) is 5.26 Å². The number of benzene rings is 1. The summed E-state index contributed by atoms with van der Waals surface area (Å²) in [6.07, 6.45) is 6.88. The molecule has 1 aromatic carbocycles. The van der Waals surface area contributed by atoms with Crippen molar-refractivity contribution in [2.24, 2.45) is 0 Å². The Morgan fingerprint density at radius 3 is 2.89 bits per heavy atom. The predicted molar refractivity (Wildman–Crippen MR) is 113 cm³/mol. The van der Waals surface area contributed by atoms with Crippen LogP contribution in [-0.4, -0.2) is 52.0 Å². The van der Waals surface area contributed by atoms with E-state index in [2.05, 4.69) is 36.4 Å². The Morgan fingerprint density at radius 1 is 1.14 bits per heavy atom. The zero-order valence-electron chi connectivity index (χ0n) is 15.4. The molecular formula is C21H20N6S. The highest BCUT2D eigenvalue weighted by Crippen LogP contribution is 2.27. The van der Waals surface area contributed by atoms with Crippen molar-refractivity contribution in [3.63, 3.8) is 0 Å². The number of piperazine rings is 1. The van der Waals surface area contributed by atoms with Gasteiger partial charge in [-0.3, -0.25) is 4.90 Å². The zero-order valence-corrected chi connectivity index (χ0v) is 16.2. The molecule has 6 nitrogen and oxygen atoms in total. The zero-order chi connectivity index (χ0) is 18.9. The third-order valence-corrected chi connectivity index (χ3v) is 6.29. The van der Waals surface area contributed by atoms with E-state index in [0.717, 1.165) is 55.9 Å². The van der Waals surface area contributed by atoms with Crippen molar-refractivity contribution in [1.82, 2.24) is 19.2 Å². The number of H-pyrrole nitrogens is 1. The van der Waals surface area contributed by atoms with Gasteiger partial charge in [0.05, 0.1) is 27.9 Å². The van der Waals surface area contributed by atoms with Gasteiger partial charge < -0.3 is 9.88 Å². The average Bonchev–Trinajstić information content (AvgIpc) is 3.39. The molecule has 5 rings (SSSR count). The number of nitriles is 1. The Hall–Kier alpha value is -2.95. The summed E-state index contributed by atoms with van der Waals surface area (Å²) in [5.41, 5.74) is 3.10. The number of aromatic nitrogens is 3. The molecule has 0 unspecified atom stereocenters. The Morgan fingerprint density at radius 2 is 2.04 bits per heavy atom. The van der Waals surface area contributed by atoms with Gasteiger partial charge in [0, 0.05) is 56.0 Å². The predicted octanol–water partition coefficient (Wildman–Crippen LogP) is 3.41. The van der Waals surface area contributed by atoms with E-state index < -0.39 is 0 Å². The molecule has 7 heteroatoms. The number of nitrogens with one attached hydrogen (secondary N) is 1. The van der Waals surface area contributed by atoms with Gasteiger partial charge in [0.1, 0.15) is 5.82 Å². The van der Waals surface area contributed by atoms with Crippen molar-refractivity contribution >= 4 is 38.3 Å². The van der Waals surface area contributed by atoms with Gasteiger partial charge in [-0.25, -0.2) is 4.98 Å². The summed E-state index contributed by atoms with van der Waals surface area (Å²) in [5.74, 6) is 1.06. The second-order valence-electron chi connectivity index (χ2n) is 7.14. The van der Waals surface area contributed by atoms with Crippen LogP contribution in [0.4, 0.5) is 5.82 Å². The maximum Gasteiger partial charge on any atom is 0.138 e. The summed E-state index contributed by atoms with van der Waals surface area (Å²) in [5, 5.41) is 11.5. The number of anilines is 1. The lowest BCUT2D eigenvalue weighted by Gasteiger charge is -2.35. The number of fused-ring (bicyclic) bond motifs is 2. The molecule has 1 N–H and O–H groups in total. The van der Waals surface area contributed by atoms with E-state index in [4.69, 9.17) is 5.26 Å². The van der Waals surface area contributed by atoms with Crippen molar-refractivity contribution in [3.8, 4) is 6.07 Å². The molecule has 140 valence electrons. The number of hydrogen-bond donors (Lipinski definition) is 1. The number of rotatable bonds is 4. The Bertz CT molecular complexity index is 1160. The van der Waals surface area contributed by atoms with Crippen molar-refractivity contribution in [3.05, 3.63) is 54.0 Å². The van der Waals surface area contributed by atoms with Crippen LogP contribution in [0.1, 0.15) is 11.1 Å². The smallest absolute Gasteiger partial charge is 0.138 e. The minimum Gasteiger partial charge on any atom is -0.361 e. The molecule has 0 saturated carbocycles. The first-order valence-corrected chi connectivity index (χ1v) is 10.3. The molecule has 0 aliphatic carbocycles. The molecule has 1 aliphatic rings. The SMILES string of the molecule is N#Cc1ccc2[nH]cc(CCN3CCN(c4nccc5sncc45)CC3)c2c1. The molecular weight excluding hydrogens is 368 g/mol. The molecule has 28 heavy (non-hydrogen) atoms. The number of pyridine rings is 1. The first-order chi connectivity index (χ1) is 13.8. The maximum atomic E-state index is 9.15. The van der Waals surface area contributed by atoms with Crippen LogP contribution in [0.5, 0.6) is 0 Å². The van der Waals surface area contributed by atoms with Crippen LogP contribution in [-0.2, 0) is 6.42 Å². The molecule has 3 aromatic heterocycles. The van der Waals surface area contributed by atoms with Gasteiger partial charge in [-0.05, 0) is 47.8 Å². The van der Waals surface area contributed by atoms with Crippen LogP contribution in [0.2, 0.25) is 0 Å². The molecule has 0 bridgehead atoms. The van der Waals surface area contributed by atoms with E-state index in [1.54, 1.807) is 0 Å². The summed E-state index contributed by atoms with van der Waals surface area (Å²) < 4.78 is 5.51. The fraction of sp³-hybridized carbons (Fsp3) is 0.286. The van der Waals surface area contributed by atoms with Crippen molar-refractivity contribution in [2.75, 3.05) is 37.6 Å². The Labute approximate surface area is 167 Å². The largest absolute Gasteiger partial charge is 0.361 e. The highest BCUT2D eigenvalue weighted by molar-refractivity contribution is 7.13. The molecule has 0 spiro atoms. The highest BCUT2D eigenvalue weighted by Gasteiger charge is 2.20. The fourth-order valence-corrected chi connectivity index (χ4v) is 4.59. The summed E-state index contributed by atoms with van der Waals surface area (Å²) in [7, 11) is 0. The van der Waals surface area contributed by atoms with Crippen LogP contribution in [0.25, 0.3) is 21.0 Å². The lowest BCUT2D eigenvalue weighted by Crippen LogP contribution is -2.47. The number of nitrogens with zero attached hydrogens (tertiary/aromatic N) is 5. The molecule has 0 atom stereocenters. The summed E-state index contributed by atoms with van der Waals surface area (Å²) in [6.45, 7) is 5.04. The lowest BCUT2D eigenvalue weighted by atomic mass is 10.1. The van der Waals surface area contributed by atoms with Crippen LogP contribution in [0.3, 0.4) is 0 Å². The number of hydrogen-bond acceptors (Lipinski definition) is 6. The quantitative estimate of drug-likeness (QED) is 0.580. The van der Waals surface area contributed by atoms with Gasteiger partial charge >= 0.3 is 0 Å². The fourth-order valence-electron chi connectivity index (χ4n) is 3.95. The number of aromatic amines is 1. The highest BCUT2D eigenvalue weighted by atomic mass is 32.1. The van der Waals surface area contributed by atoms with Gasteiger partial charge in [-0.1, -0.05) is 0 Å². The minimum absolute atomic E-state index is 0.714. The van der Waals surface area contributed by atoms with Crippen LogP contribution >= 0.6 is 11.5 Å². The molecule has 4 aromatic rings. The molecule has 1 aliphatic heterocycles. The van der Waals surface area contributed by atoms with E-state index in [1.165, 1.54) is 27.2 Å². The van der Waals surface area contributed by atoms with E-state index in [-0.39, 0.29) is 0 Å². The second kappa shape index (κ2) is 7.23. The van der Waals surface area contributed by atoms with Gasteiger partial charge in [-0.15, -0.1) is 0 Å². The van der Waals surface area contributed by atoms with Crippen LogP contribution in [0.15, 0.2) is 42.9 Å². The molecule has 0 amide bonds. The minimum atomic E-state index is 0.714. The molecule has 4 heterocycles. The third kappa shape index (κ3) is 3.11. The Balaban J connectivity index is 1.23. The summed E-state index contributed by atoms with van der Waals surface area (Å²) in [4.78, 5) is 12.8. The first-order valence-electron chi connectivity index (χ1n) is 9.48. The van der Waals surface area contributed by atoms with Crippen LogP contribution in [0, 0.1) is 11.3 Å². The van der Waals surface area contributed by atoms with E-state index in [1.807, 2.05) is 36.7 Å². The van der Waals surface area contributed by atoms with Gasteiger partial charge in [0.2, 0.25) is 0 Å². The first kappa shape index (κ1) is 17.2. The van der Waals surface area contributed by atoms with E-state index >= 15 is 0 Å². The van der Waals surface area contributed by atoms with Gasteiger partial charge in [-0.2, -0.15) is 9.64 Å². The van der Waals surface area contributed by atoms with E-state index in [0.29, 0.717) is 5.56 Å². The standard InChI is InChI=1S/C21H20N6S/c22-12-15-1-2-19-17(11-15)16(13-24-19)4-6-26-7-9-27(10-8-26)21-18-14-25-28-20(18)3-5-23-21/h1-3,5,11,13-14,24H,4,6-10H2. The van der Waals surface area contributed by atoms with Crippen molar-refractivity contribution < 1.29 is 0 Å². The Kier molecular flexibility index (Phi) is 4.43. The molecule has 0 radical (unpaired) electrons. The maximum absolute atomic E-state index is 9.15. The summed E-state index contributed by atoms with van der Waals surface area (Å²) in [6, 6.07) is 10.1. The average molecular weight is 389 g/mol. The molecule has 1 fully saturated rings. The second-order valence-corrected chi connectivity index (χ2v) is 7.97. The third-order valence-electron chi connectivity index (χ3n) is 5.53. The lowest BCUT2D eigenvalue weighted by molar-refractivity contribution is 0.261. The van der Waals surface area contributed by atoms with Crippen LogP contribution < -0.4 is 4.90 Å². The topological polar surface area (TPSA) is 71.8 Å². The monoisotopic (exact) mass is 388 g/mol. The molecule has 1 saturated heterocycles. The van der Waals surface area contributed by atoms with Gasteiger partial charge in [0.15, 0.2) is 0 Å².